The molecule has 7 heteroatoms. The predicted molar refractivity (Wildman–Crippen MR) is 78.2 cm³/mol. The largest absolute Gasteiger partial charge is 0.215 e. The van der Waals surface area contributed by atoms with E-state index >= 15 is 0 Å². The SMILES string of the molecule is N#Cc1cnn2c(Cl)c(-c3ccccc3Cl)c(Cl)nc12. The lowest BCUT2D eigenvalue weighted by Gasteiger charge is -2.09. The van der Waals surface area contributed by atoms with Crippen LogP contribution in [0.25, 0.3) is 16.8 Å². The summed E-state index contributed by atoms with van der Waals surface area (Å²) in [5, 5.41) is 14.0. The van der Waals surface area contributed by atoms with Gasteiger partial charge in [0, 0.05) is 10.6 Å². The van der Waals surface area contributed by atoms with Gasteiger partial charge in [-0.3, -0.25) is 0 Å². The molecule has 0 atom stereocenters. The summed E-state index contributed by atoms with van der Waals surface area (Å²) in [6.07, 6.45) is 1.39. The van der Waals surface area contributed by atoms with Gasteiger partial charge in [0.1, 0.15) is 21.9 Å². The zero-order valence-electron chi connectivity index (χ0n) is 9.81. The van der Waals surface area contributed by atoms with E-state index in [1.54, 1.807) is 18.2 Å². The van der Waals surface area contributed by atoms with Gasteiger partial charge in [-0.2, -0.15) is 10.4 Å². The molecule has 0 unspecified atom stereocenters. The number of hydrogen-bond acceptors (Lipinski definition) is 3. The second-order valence-electron chi connectivity index (χ2n) is 3.95. The molecule has 0 bridgehead atoms. The number of fused-ring (bicyclic) bond motifs is 1. The Balaban J connectivity index is 2.39. The minimum Gasteiger partial charge on any atom is -0.215 e. The van der Waals surface area contributed by atoms with E-state index in [-0.39, 0.29) is 10.3 Å². The van der Waals surface area contributed by atoms with Crippen molar-refractivity contribution in [2.24, 2.45) is 0 Å². The minimum absolute atomic E-state index is 0.174. The van der Waals surface area contributed by atoms with Crippen molar-refractivity contribution in [2.75, 3.05) is 0 Å². The number of nitrogens with zero attached hydrogens (tertiary/aromatic N) is 4. The van der Waals surface area contributed by atoms with Crippen molar-refractivity contribution in [1.29, 1.82) is 5.26 Å². The lowest BCUT2D eigenvalue weighted by molar-refractivity contribution is 0.942. The topological polar surface area (TPSA) is 54.0 Å². The van der Waals surface area contributed by atoms with Crippen LogP contribution in [0.15, 0.2) is 30.5 Å². The zero-order chi connectivity index (χ0) is 14.3. The van der Waals surface area contributed by atoms with Crippen molar-refractivity contribution in [2.45, 2.75) is 0 Å². The van der Waals surface area contributed by atoms with Crippen LogP contribution >= 0.6 is 34.8 Å². The summed E-state index contributed by atoms with van der Waals surface area (Å²) in [6.45, 7) is 0. The molecule has 0 aliphatic carbocycles. The van der Waals surface area contributed by atoms with Crippen LogP contribution in [0.3, 0.4) is 0 Å². The highest BCUT2D eigenvalue weighted by Gasteiger charge is 2.19. The van der Waals surface area contributed by atoms with E-state index in [9.17, 15) is 0 Å². The Hall–Kier alpha value is -1.80. The van der Waals surface area contributed by atoms with Crippen LogP contribution in [-0.4, -0.2) is 14.6 Å². The van der Waals surface area contributed by atoms with E-state index in [0.29, 0.717) is 27.4 Å². The fourth-order valence-electron chi connectivity index (χ4n) is 1.90. The molecule has 98 valence electrons. The zero-order valence-corrected chi connectivity index (χ0v) is 12.1. The van der Waals surface area contributed by atoms with Crippen LogP contribution in [0, 0.1) is 11.3 Å². The van der Waals surface area contributed by atoms with Crippen molar-refractivity contribution >= 4 is 40.4 Å². The average Bonchev–Trinajstić information content (AvgIpc) is 2.84. The van der Waals surface area contributed by atoms with Gasteiger partial charge >= 0.3 is 0 Å². The van der Waals surface area contributed by atoms with E-state index in [1.807, 2.05) is 12.1 Å². The summed E-state index contributed by atoms with van der Waals surface area (Å²) in [4.78, 5) is 4.19. The highest BCUT2D eigenvalue weighted by Crippen LogP contribution is 2.37. The number of rotatable bonds is 1. The van der Waals surface area contributed by atoms with E-state index in [4.69, 9.17) is 40.1 Å². The molecule has 0 aliphatic rings. The van der Waals surface area contributed by atoms with Gasteiger partial charge < -0.3 is 0 Å². The third kappa shape index (κ3) is 1.92. The minimum atomic E-state index is 0.174. The Morgan fingerprint density at radius 3 is 2.60 bits per heavy atom. The molecule has 2 heterocycles. The Kier molecular flexibility index (Phi) is 3.27. The quantitative estimate of drug-likeness (QED) is 0.630. The normalized spacial score (nSPS) is 10.7. The summed E-state index contributed by atoms with van der Waals surface area (Å²) >= 11 is 18.7. The molecule has 2 aromatic heterocycles. The van der Waals surface area contributed by atoms with Gasteiger partial charge in [0.25, 0.3) is 0 Å². The monoisotopic (exact) mass is 322 g/mol. The second-order valence-corrected chi connectivity index (χ2v) is 5.08. The van der Waals surface area contributed by atoms with Crippen molar-refractivity contribution in [3.05, 3.63) is 51.4 Å². The first-order chi connectivity index (χ1) is 9.63. The Morgan fingerprint density at radius 2 is 1.90 bits per heavy atom. The summed E-state index contributed by atoms with van der Waals surface area (Å²) in [5.41, 5.74) is 1.77. The third-order valence-corrected chi connectivity index (χ3v) is 3.76. The van der Waals surface area contributed by atoms with Crippen molar-refractivity contribution in [3.63, 3.8) is 0 Å². The van der Waals surface area contributed by atoms with Gasteiger partial charge in [0.15, 0.2) is 5.65 Å². The average molecular weight is 324 g/mol. The molecule has 4 nitrogen and oxygen atoms in total. The summed E-state index contributed by atoms with van der Waals surface area (Å²) in [6, 6.07) is 9.14. The smallest absolute Gasteiger partial charge is 0.176 e. The predicted octanol–water partition coefficient (Wildman–Crippen LogP) is 4.23. The second kappa shape index (κ2) is 4.95. The van der Waals surface area contributed by atoms with E-state index in [2.05, 4.69) is 10.1 Å². The third-order valence-electron chi connectivity index (χ3n) is 2.81. The van der Waals surface area contributed by atoms with Gasteiger partial charge in [-0.15, -0.1) is 0 Å². The van der Waals surface area contributed by atoms with Gasteiger partial charge in [0.2, 0.25) is 0 Å². The van der Waals surface area contributed by atoms with E-state index < -0.39 is 0 Å². The molecule has 0 spiro atoms. The van der Waals surface area contributed by atoms with Crippen LogP contribution in [0.4, 0.5) is 0 Å². The summed E-state index contributed by atoms with van der Waals surface area (Å²) in [5.74, 6) is 0. The molecule has 0 N–H and O–H groups in total. The molecule has 0 radical (unpaired) electrons. The number of aromatic nitrogens is 3. The molecule has 0 saturated carbocycles. The Morgan fingerprint density at radius 1 is 1.15 bits per heavy atom. The maximum absolute atomic E-state index is 8.99. The lowest BCUT2D eigenvalue weighted by Crippen LogP contribution is -1.98. The maximum Gasteiger partial charge on any atom is 0.176 e. The van der Waals surface area contributed by atoms with Gasteiger partial charge in [-0.25, -0.2) is 9.50 Å². The lowest BCUT2D eigenvalue weighted by atomic mass is 10.1. The van der Waals surface area contributed by atoms with Crippen molar-refractivity contribution in [3.8, 4) is 17.2 Å². The molecule has 0 saturated heterocycles. The molecule has 1 aromatic carbocycles. The van der Waals surface area contributed by atoms with Crippen LogP contribution in [0.2, 0.25) is 15.3 Å². The number of nitriles is 1. The first kappa shape index (κ1) is 13.2. The van der Waals surface area contributed by atoms with Gasteiger partial charge in [0.05, 0.1) is 11.8 Å². The van der Waals surface area contributed by atoms with Crippen LogP contribution in [0.1, 0.15) is 5.56 Å². The van der Waals surface area contributed by atoms with Gasteiger partial charge in [-0.1, -0.05) is 53.0 Å². The first-order valence-corrected chi connectivity index (χ1v) is 6.64. The molecule has 0 aliphatic heterocycles. The molecule has 0 amide bonds. The Bertz CT molecular complexity index is 864. The number of hydrogen-bond donors (Lipinski definition) is 0. The van der Waals surface area contributed by atoms with Crippen molar-refractivity contribution < 1.29 is 0 Å². The summed E-state index contributed by atoms with van der Waals surface area (Å²) in [7, 11) is 0. The standard InChI is InChI=1S/C13H5Cl3N4/c14-9-4-2-1-3-8(9)10-11(15)19-13-7(5-17)6-18-20(13)12(10)16/h1-4,6H. The number of halogens is 3. The molecule has 3 rings (SSSR count). The van der Waals surface area contributed by atoms with Crippen LogP contribution in [0.5, 0.6) is 0 Å². The number of benzene rings is 1. The molecule has 0 fully saturated rings. The molecule has 20 heavy (non-hydrogen) atoms. The Labute approximate surface area is 129 Å². The fraction of sp³-hybridized carbons (Fsp3) is 0. The molecular formula is C13H5Cl3N4. The van der Waals surface area contributed by atoms with Crippen LogP contribution in [-0.2, 0) is 0 Å². The maximum atomic E-state index is 8.99. The van der Waals surface area contributed by atoms with E-state index in [0.717, 1.165) is 0 Å². The van der Waals surface area contributed by atoms with Crippen LogP contribution < -0.4 is 0 Å². The first-order valence-electron chi connectivity index (χ1n) is 5.51. The highest BCUT2D eigenvalue weighted by atomic mass is 35.5. The summed E-state index contributed by atoms with van der Waals surface area (Å²) < 4.78 is 1.37. The van der Waals surface area contributed by atoms with Crippen molar-refractivity contribution in [1.82, 2.24) is 14.6 Å². The highest BCUT2D eigenvalue weighted by molar-refractivity contribution is 6.40. The van der Waals surface area contributed by atoms with Gasteiger partial charge in [-0.05, 0) is 6.07 Å². The molecular weight excluding hydrogens is 319 g/mol. The molecule has 3 aromatic rings. The fourth-order valence-corrected chi connectivity index (χ4v) is 2.76. The van der Waals surface area contributed by atoms with E-state index in [1.165, 1.54) is 10.7 Å².